The van der Waals surface area contributed by atoms with Crippen LogP contribution >= 0.6 is 0 Å². The Balaban J connectivity index is 1.28. The minimum absolute atomic E-state index is 0.0776. The van der Waals surface area contributed by atoms with Crippen molar-refractivity contribution in [1.82, 2.24) is 25.2 Å². The van der Waals surface area contributed by atoms with Gasteiger partial charge < -0.3 is 10.2 Å². The van der Waals surface area contributed by atoms with Gasteiger partial charge in [0, 0.05) is 61.4 Å². The molecule has 2 aliphatic carbocycles. The maximum atomic E-state index is 12.7. The lowest BCUT2D eigenvalue weighted by Gasteiger charge is -2.38. The molecule has 0 bridgehead atoms. The molecule has 1 atom stereocenters. The lowest BCUT2D eigenvalue weighted by atomic mass is 10.1. The summed E-state index contributed by atoms with van der Waals surface area (Å²) in [6.45, 7) is 5.58. The monoisotopic (exact) mass is 420 g/mol. The number of nitrogens with zero attached hydrogens (tertiary/aromatic N) is 5. The summed E-state index contributed by atoms with van der Waals surface area (Å²) >= 11 is 0. The number of piperazine rings is 1. The highest BCUT2D eigenvalue weighted by atomic mass is 16.2. The molecule has 2 fully saturated rings. The van der Waals surface area contributed by atoms with E-state index in [9.17, 15) is 4.79 Å². The van der Waals surface area contributed by atoms with E-state index in [-0.39, 0.29) is 11.9 Å². The van der Waals surface area contributed by atoms with E-state index in [1.165, 1.54) is 24.1 Å². The average Bonchev–Trinajstić information content (AvgIpc) is 3.50. The predicted molar refractivity (Wildman–Crippen MR) is 121 cm³/mol. The molecule has 0 spiro atoms. The normalized spacial score (nSPS) is 20.6. The Morgan fingerprint density at radius 2 is 1.77 bits per heavy atom. The molecule has 1 saturated heterocycles. The zero-order valence-electron chi connectivity index (χ0n) is 18.4. The third-order valence-electron chi connectivity index (χ3n) is 7.09. The van der Waals surface area contributed by atoms with Gasteiger partial charge in [-0.05, 0) is 51.2 Å². The van der Waals surface area contributed by atoms with Gasteiger partial charge in [0.2, 0.25) is 5.91 Å². The van der Waals surface area contributed by atoms with E-state index in [4.69, 9.17) is 9.97 Å². The quantitative estimate of drug-likeness (QED) is 0.802. The van der Waals surface area contributed by atoms with Crippen molar-refractivity contribution in [3.8, 4) is 11.4 Å². The summed E-state index contributed by atoms with van der Waals surface area (Å²) < 4.78 is 0. The molecular formula is C24H32N6O. The number of pyridine rings is 1. The summed E-state index contributed by atoms with van der Waals surface area (Å²) in [5.74, 6) is 2.07. The SMILES string of the molecule is CC(C(=O)NC1CCCC1)N1CCN(c2nc(-c3ccncc3)nc3c2CCC3)CC1. The second-order valence-corrected chi connectivity index (χ2v) is 9.07. The van der Waals surface area contributed by atoms with E-state index >= 15 is 0 Å². The molecular weight excluding hydrogens is 388 g/mol. The number of aryl methyl sites for hydroxylation is 1. The Morgan fingerprint density at radius 3 is 2.52 bits per heavy atom. The molecule has 164 valence electrons. The van der Waals surface area contributed by atoms with Crippen molar-refractivity contribution in [3.63, 3.8) is 0 Å². The number of carbonyl (C=O) groups excluding carboxylic acids is 1. The maximum Gasteiger partial charge on any atom is 0.237 e. The van der Waals surface area contributed by atoms with Crippen LogP contribution in [-0.2, 0) is 17.6 Å². The van der Waals surface area contributed by atoms with Gasteiger partial charge in [-0.3, -0.25) is 14.7 Å². The fraction of sp³-hybridized carbons (Fsp3) is 0.583. The molecule has 7 heteroatoms. The van der Waals surface area contributed by atoms with Crippen molar-refractivity contribution in [2.24, 2.45) is 0 Å². The van der Waals surface area contributed by atoms with Gasteiger partial charge >= 0.3 is 0 Å². The van der Waals surface area contributed by atoms with E-state index in [1.807, 2.05) is 19.1 Å². The largest absolute Gasteiger partial charge is 0.354 e. The van der Waals surface area contributed by atoms with Crippen LogP contribution in [0, 0.1) is 0 Å². The first-order valence-electron chi connectivity index (χ1n) is 11.8. The standard InChI is InChI=1S/C24H32N6O/c1-17(24(31)26-19-5-2-3-6-19)29-13-15-30(16-14-29)23-20-7-4-8-21(20)27-22(28-23)18-9-11-25-12-10-18/h9-12,17,19H,2-8,13-16H2,1H3,(H,26,31). The van der Waals surface area contributed by atoms with Crippen molar-refractivity contribution in [1.29, 1.82) is 0 Å². The second-order valence-electron chi connectivity index (χ2n) is 9.07. The van der Waals surface area contributed by atoms with Crippen LogP contribution in [0.5, 0.6) is 0 Å². The van der Waals surface area contributed by atoms with Gasteiger partial charge in [0.05, 0.1) is 6.04 Å². The lowest BCUT2D eigenvalue weighted by Crippen LogP contribution is -2.55. The van der Waals surface area contributed by atoms with E-state index in [0.29, 0.717) is 6.04 Å². The first-order chi connectivity index (χ1) is 15.2. The van der Waals surface area contributed by atoms with Gasteiger partial charge in [0.15, 0.2) is 5.82 Å². The van der Waals surface area contributed by atoms with Crippen LogP contribution in [0.25, 0.3) is 11.4 Å². The van der Waals surface area contributed by atoms with Gasteiger partial charge in [-0.1, -0.05) is 12.8 Å². The molecule has 0 radical (unpaired) electrons. The smallest absolute Gasteiger partial charge is 0.237 e. The topological polar surface area (TPSA) is 74.2 Å². The maximum absolute atomic E-state index is 12.7. The zero-order valence-corrected chi connectivity index (χ0v) is 18.4. The van der Waals surface area contributed by atoms with Crippen LogP contribution in [0.2, 0.25) is 0 Å². The number of carbonyl (C=O) groups is 1. The Morgan fingerprint density at radius 1 is 1.03 bits per heavy atom. The van der Waals surface area contributed by atoms with Gasteiger partial charge in [-0.25, -0.2) is 9.97 Å². The Hall–Kier alpha value is -2.54. The van der Waals surface area contributed by atoms with E-state index in [2.05, 4.69) is 20.1 Å². The van der Waals surface area contributed by atoms with Crippen molar-refractivity contribution in [2.45, 2.75) is 64.0 Å². The number of fused-ring (bicyclic) bond motifs is 1. The van der Waals surface area contributed by atoms with Crippen LogP contribution in [0.15, 0.2) is 24.5 Å². The van der Waals surface area contributed by atoms with Crippen LogP contribution in [0.3, 0.4) is 0 Å². The summed E-state index contributed by atoms with van der Waals surface area (Å²) in [6.07, 6.45) is 11.6. The van der Waals surface area contributed by atoms with Crippen molar-refractivity contribution in [3.05, 3.63) is 35.8 Å². The molecule has 7 nitrogen and oxygen atoms in total. The summed E-state index contributed by atoms with van der Waals surface area (Å²) in [6, 6.07) is 4.25. The molecule has 5 rings (SSSR count). The molecule has 1 saturated carbocycles. The number of hydrogen-bond acceptors (Lipinski definition) is 6. The summed E-state index contributed by atoms with van der Waals surface area (Å²) in [7, 11) is 0. The molecule has 1 unspecified atom stereocenters. The Bertz CT molecular complexity index is 919. The van der Waals surface area contributed by atoms with Gasteiger partial charge in [-0.2, -0.15) is 0 Å². The van der Waals surface area contributed by atoms with Gasteiger partial charge in [-0.15, -0.1) is 0 Å². The van der Waals surface area contributed by atoms with Crippen molar-refractivity contribution >= 4 is 11.7 Å². The number of nitrogens with one attached hydrogen (secondary N) is 1. The number of rotatable bonds is 5. The average molecular weight is 421 g/mol. The molecule has 31 heavy (non-hydrogen) atoms. The minimum Gasteiger partial charge on any atom is -0.354 e. The Labute approximate surface area is 184 Å². The fourth-order valence-corrected chi connectivity index (χ4v) is 5.18. The van der Waals surface area contributed by atoms with Crippen molar-refractivity contribution < 1.29 is 4.79 Å². The van der Waals surface area contributed by atoms with Gasteiger partial charge in [0.25, 0.3) is 0 Å². The van der Waals surface area contributed by atoms with Crippen LogP contribution in [0.1, 0.15) is 50.3 Å². The van der Waals surface area contributed by atoms with Crippen LogP contribution < -0.4 is 10.2 Å². The predicted octanol–water partition coefficient (Wildman–Crippen LogP) is 2.60. The lowest BCUT2D eigenvalue weighted by molar-refractivity contribution is -0.126. The van der Waals surface area contributed by atoms with E-state index < -0.39 is 0 Å². The third-order valence-corrected chi connectivity index (χ3v) is 7.09. The van der Waals surface area contributed by atoms with Crippen molar-refractivity contribution in [2.75, 3.05) is 31.1 Å². The highest BCUT2D eigenvalue weighted by Crippen LogP contribution is 2.32. The molecule has 2 aromatic heterocycles. The summed E-state index contributed by atoms with van der Waals surface area (Å²) in [5.41, 5.74) is 3.53. The molecule has 1 N–H and O–H groups in total. The van der Waals surface area contributed by atoms with E-state index in [1.54, 1.807) is 12.4 Å². The highest BCUT2D eigenvalue weighted by molar-refractivity contribution is 5.81. The minimum atomic E-state index is -0.0776. The number of amides is 1. The van der Waals surface area contributed by atoms with Gasteiger partial charge in [0.1, 0.15) is 5.82 Å². The summed E-state index contributed by atoms with van der Waals surface area (Å²) in [4.78, 5) is 31.4. The van der Waals surface area contributed by atoms with Crippen LogP contribution in [0.4, 0.5) is 5.82 Å². The fourth-order valence-electron chi connectivity index (χ4n) is 5.18. The molecule has 2 aromatic rings. The molecule has 1 aliphatic heterocycles. The first-order valence-corrected chi connectivity index (χ1v) is 11.8. The molecule has 3 heterocycles. The molecule has 1 amide bonds. The number of hydrogen-bond donors (Lipinski definition) is 1. The first kappa shape index (κ1) is 20.4. The Kier molecular flexibility index (Phi) is 5.85. The van der Waals surface area contributed by atoms with E-state index in [0.717, 1.165) is 75.5 Å². The highest BCUT2D eigenvalue weighted by Gasteiger charge is 2.30. The zero-order chi connectivity index (χ0) is 21.2. The second kappa shape index (κ2) is 8.91. The molecule has 3 aliphatic rings. The summed E-state index contributed by atoms with van der Waals surface area (Å²) in [5, 5.41) is 3.26. The van der Waals surface area contributed by atoms with Crippen LogP contribution in [-0.4, -0.2) is 64.0 Å². The third kappa shape index (κ3) is 4.28. The number of aromatic nitrogens is 3. The number of anilines is 1. The molecule has 0 aromatic carbocycles.